The number of benzene rings is 3. The van der Waals surface area contributed by atoms with Crippen LogP contribution in [-0.2, 0) is 16.1 Å². The molecular weight excluding hydrogens is 509 g/mol. The zero-order valence-corrected chi connectivity index (χ0v) is 21.6. The molecule has 0 spiro atoms. The van der Waals surface area contributed by atoms with E-state index in [1.54, 1.807) is 54.6 Å². The van der Waals surface area contributed by atoms with E-state index in [2.05, 4.69) is 5.32 Å². The molecule has 200 valence electrons. The Bertz CT molecular complexity index is 1240. The molecule has 1 aliphatic carbocycles. The van der Waals surface area contributed by atoms with Gasteiger partial charge >= 0.3 is 11.9 Å². The van der Waals surface area contributed by atoms with Crippen LogP contribution in [0.25, 0.3) is 11.1 Å². The van der Waals surface area contributed by atoms with E-state index in [1.807, 2.05) is 12.1 Å². The number of guanidine groups is 1. The molecule has 0 saturated heterocycles. The molecule has 4 rings (SSSR count). The minimum absolute atomic E-state index is 0. The fourth-order valence-electron chi connectivity index (χ4n) is 4.41. The van der Waals surface area contributed by atoms with Crippen molar-refractivity contribution in [2.45, 2.75) is 32.3 Å². The molecule has 38 heavy (non-hydrogen) atoms. The fraction of sp³-hybridized carbons (Fsp3) is 0.276. The molecule has 9 heteroatoms. The van der Waals surface area contributed by atoms with Crippen molar-refractivity contribution in [1.82, 2.24) is 5.32 Å². The Morgan fingerprint density at radius 3 is 2.13 bits per heavy atom. The van der Waals surface area contributed by atoms with E-state index in [1.165, 1.54) is 6.07 Å². The highest BCUT2D eigenvalue weighted by Crippen LogP contribution is 2.30. The zero-order valence-electron chi connectivity index (χ0n) is 20.8. The number of esters is 2. The van der Waals surface area contributed by atoms with Gasteiger partial charge in [-0.2, -0.15) is 0 Å². The maximum atomic E-state index is 13.7. The lowest BCUT2D eigenvalue weighted by atomic mass is 9.82. The molecule has 1 saturated carbocycles. The molecule has 4 N–H and O–H groups in total. The normalized spacial score (nSPS) is 16.6. The quantitative estimate of drug-likeness (QED) is 0.151. The van der Waals surface area contributed by atoms with E-state index in [9.17, 15) is 14.0 Å². The molecule has 3 aromatic carbocycles. The van der Waals surface area contributed by atoms with Crippen molar-refractivity contribution in [3.05, 3.63) is 89.7 Å². The predicted octanol–water partition coefficient (Wildman–Crippen LogP) is 5.47. The van der Waals surface area contributed by atoms with Gasteiger partial charge in [-0.3, -0.25) is 10.2 Å². The van der Waals surface area contributed by atoms with Crippen molar-refractivity contribution in [2.24, 2.45) is 17.6 Å². The number of halogens is 2. The molecule has 0 aliphatic heterocycles. The van der Waals surface area contributed by atoms with Gasteiger partial charge in [0.05, 0.1) is 11.5 Å². The maximum Gasteiger partial charge on any atom is 0.338 e. The number of hydrogen-bond acceptors (Lipinski definition) is 5. The van der Waals surface area contributed by atoms with E-state index in [0.717, 1.165) is 36.8 Å². The number of ether oxygens (including phenoxy) is 2. The van der Waals surface area contributed by atoms with Crippen LogP contribution in [0.1, 0.15) is 41.6 Å². The third-order valence-electron chi connectivity index (χ3n) is 6.60. The van der Waals surface area contributed by atoms with E-state index in [0.29, 0.717) is 29.3 Å². The summed E-state index contributed by atoms with van der Waals surface area (Å²) in [4.78, 5) is 24.9. The van der Waals surface area contributed by atoms with Crippen LogP contribution in [0.3, 0.4) is 0 Å². The van der Waals surface area contributed by atoms with Crippen LogP contribution in [0, 0.1) is 23.1 Å². The van der Waals surface area contributed by atoms with E-state index in [4.69, 9.17) is 20.6 Å². The number of hydrogen-bond donors (Lipinski definition) is 3. The van der Waals surface area contributed by atoms with E-state index < -0.39 is 11.8 Å². The van der Waals surface area contributed by atoms with Crippen molar-refractivity contribution < 1.29 is 23.5 Å². The standard InChI is InChI=1S/C29H30FN3O4.ClH/c30-26-4-2-1-3-24(26)18-36-27(34)22-11-9-20(10-12-22)21-13-15-25(16-14-21)37-28(35)23-7-5-19(6-8-23)17-33-29(31)32;/h1-4,9-16,19,23H,5-8,17-18H2,(H4,31,32,33);1H/t19-,23-;. The molecule has 7 nitrogen and oxygen atoms in total. The summed E-state index contributed by atoms with van der Waals surface area (Å²) < 4.78 is 24.5. The Morgan fingerprint density at radius 1 is 0.921 bits per heavy atom. The molecule has 0 radical (unpaired) electrons. The molecule has 0 aromatic heterocycles. The van der Waals surface area contributed by atoms with Crippen molar-refractivity contribution in [2.75, 3.05) is 6.54 Å². The van der Waals surface area contributed by atoms with Crippen LogP contribution in [0.4, 0.5) is 4.39 Å². The molecule has 0 amide bonds. The van der Waals surface area contributed by atoms with Gasteiger partial charge in [-0.1, -0.05) is 42.5 Å². The van der Waals surface area contributed by atoms with Crippen LogP contribution in [0.2, 0.25) is 0 Å². The summed E-state index contributed by atoms with van der Waals surface area (Å²) in [6, 6.07) is 20.3. The summed E-state index contributed by atoms with van der Waals surface area (Å²) in [5.41, 5.74) is 7.83. The molecule has 0 heterocycles. The lowest BCUT2D eigenvalue weighted by Gasteiger charge is -2.27. The first-order valence-corrected chi connectivity index (χ1v) is 12.3. The Kier molecular flexibility index (Phi) is 10.2. The Hall–Kier alpha value is -3.91. The predicted molar refractivity (Wildman–Crippen MR) is 146 cm³/mol. The van der Waals surface area contributed by atoms with Crippen molar-refractivity contribution in [3.8, 4) is 16.9 Å². The van der Waals surface area contributed by atoms with Gasteiger partial charge in [0, 0.05) is 12.1 Å². The van der Waals surface area contributed by atoms with Gasteiger partial charge in [-0.25, -0.2) is 9.18 Å². The monoisotopic (exact) mass is 539 g/mol. The minimum atomic E-state index is -0.527. The van der Waals surface area contributed by atoms with Crippen molar-refractivity contribution in [3.63, 3.8) is 0 Å². The van der Waals surface area contributed by atoms with Crippen LogP contribution in [0.5, 0.6) is 5.75 Å². The fourth-order valence-corrected chi connectivity index (χ4v) is 4.41. The SMILES string of the molecule is Cl.N=C(N)NC[C@H]1CC[C@H](C(=O)Oc2ccc(-c3ccc(C(=O)OCc4ccccc4F)cc3)cc2)CC1. The Morgan fingerprint density at radius 2 is 1.53 bits per heavy atom. The molecular formula is C29H31ClFN3O4. The van der Waals surface area contributed by atoms with Crippen LogP contribution in [-0.4, -0.2) is 24.4 Å². The largest absolute Gasteiger partial charge is 0.457 e. The topological polar surface area (TPSA) is 115 Å². The van der Waals surface area contributed by atoms with Crippen LogP contribution < -0.4 is 15.8 Å². The summed E-state index contributed by atoms with van der Waals surface area (Å²) in [6.07, 6.45) is 3.31. The lowest BCUT2D eigenvalue weighted by molar-refractivity contribution is -0.140. The number of carbonyl (C=O) groups is 2. The third-order valence-corrected chi connectivity index (χ3v) is 6.60. The first-order chi connectivity index (χ1) is 17.9. The van der Waals surface area contributed by atoms with Gasteiger partial charge in [0.15, 0.2) is 5.96 Å². The van der Waals surface area contributed by atoms with Crippen molar-refractivity contribution in [1.29, 1.82) is 5.41 Å². The number of nitrogens with two attached hydrogens (primary N) is 1. The van der Waals surface area contributed by atoms with Gasteiger partial charge in [-0.05, 0) is 73.1 Å². The average molecular weight is 540 g/mol. The molecule has 0 unspecified atom stereocenters. The molecule has 3 aromatic rings. The number of nitrogens with one attached hydrogen (secondary N) is 2. The molecule has 1 aliphatic rings. The summed E-state index contributed by atoms with van der Waals surface area (Å²) in [5, 5.41) is 10.1. The van der Waals surface area contributed by atoms with Gasteiger partial charge in [-0.15, -0.1) is 12.4 Å². The van der Waals surface area contributed by atoms with Gasteiger partial charge < -0.3 is 20.5 Å². The molecule has 1 fully saturated rings. The van der Waals surface area contributed by atoms with Gasteiger partial charge in [0.2, 0.25) is 0 Å². The minimum Gasteiger partial charge on any atom is -0.457 e. The zero-order chi connectivity index (χ0) is 26.2. The van der Waals surface area contributed by atoms with Crippen LogP contribution >= 0.6 is 12.4 Å². The number of carbonyl (C=O) groups excluding carboxylic acids is 2. The number of rotatable bonds is 8. The lowest BCUT2D eigenvalue weighted by Crippen LogP contribution is -2.36. The van der Waals surface area contributed by atoms with Crippen molar-refractivity contribution >= 4 is 30.3 Å². The average Bonchev–Trinajstić information content (AvgIpc) is 2.92. The highest BCUT2D eigenvalue weighted by Gasteiger charge is 2.27. The third kappa shape index (κ3) is 7.79. The maximum absolute atomic E-state index is 13.7. The summed E-state index contributed by atoms with van der Waals surface area (Å²) in [6.45, 7) is 0.528. The first-order valence-electron chi connectivity index (χ1n) is 12.3. The molecule has 0 bridgehead atoms. The first kappa shape index (κ1) is 28.7. The summed E-state index contributed by atoms with van der Waals surface area (Å²) in [5.74, 6) is -0.412. The highest BCUT2D eigenvalue weighted by molar-refractivity contribution is 5.90. The van der Waals surface area contributed by atoms with Gasteiger partial charge in [0.25, 0.3) is 0 Å². The molecule has 0 atom stereocenters. The Balaban J connectivity index is 0.00000400. The smallest absolute Gasteiger partial charge is 0.338 e. The summed E-state index contributed by atoms with van der Waals surface area (Å²) in [7, 11) is 0. The summed E-state index contributed by atoms with van der Waals surface area (Å²) >= 11 is 0. The van der Waals surface area contributed by atoms with Crippen LogP contribution in [0.15, 0.2) is 72.8 Å². The highest BCUT2D eigenvalue weighted by atomic mass is 35.5. The second-order valence-electron chi connectivity index (χ2n) is 9.20. The van der Waals surface area contributed by atoms with Gasteiger partial charge in [0.1, 0.15) is 18.2 Å². The van der Waals surface area contributed by atoms with E-state index in [-0.39, 0.29) is 36.9 Å². The van der Waals surface area contributed by atoms with E-state index >= 15 is 0 Å². The Labute approximate surface area is 227 Å². The second kappa shape index (κ2) is 13.6. The second-order valence-corrected chi connectivity index (χ2v) is 9.20.